The second kappa shape index (κ2) is 8.55. The highest BCUT2D eigenvalue weighted by molar-refractivity contribution is 5.87. The van der Waals surface area contributed by atoms with Gasteiger partial charge in [-0.3, -0.25) is 4.79 Å². The van der Waals surface area contributed by atoms with E-state index in [0.717, 1.165) is 29.0 Å². The summed E-state index contributed by atoms with van der Waals surface area (Å²) in [5.41, 5.74) is 1.61. The Morgan fingerprint density at radius 1 is 0.969 bits per heavy atom. The molecular formula is C25H22N4O3. The maximum atomic E-state index is 12.0. The van der Waals surface area contributed by atoms with Crippen LogP contribution in [0.4, 0.5) is 0 Å². The van der Waals surface area contributed by atoms with Crippen LogP contribution in [-0.4, -0.2) is 38.4 Å². The number of aromatic nitrogens is 3. The molecule has 5 rings (SSSR count). The van der Waals surface area contributed by atoms with Crippen molar-refractivity contribution in [2.75, 3.05) is 13.1 Å². The van der Waals surface area contributed by atoms with Gasteiger partial charge in [-0.2, -0.15) is 4.98 Å². The van der Waals surface area contributed by atoms with E-state index in [0.29, 0.717) is 24.7 Å². The van der Waals surface area contributed by atoms with Gasteiger partial charge in [0.25, 0.3) is 0 Å². The Kier molecular flexibility index (Phi) is 5.29. The monoisotopic (exact) mass is 426 g/mol. The van der Waals surface area contributed by atoms with Gasteiger partial charge in [-0.25, -0.2) is 4.98 Å². The SMILES string of the molecule is C=CC(=O)N1CC[C@H](n2ccc3ncnc(Oc4ccc(Oc5ccccc5)cc4)c32)C1. The number of likely N-dealkylation sites (tertiary alicyclic amines) is 1. The van der Waals surface area contributed by atoms with Gasteiger partial charge < -0.3 is 18.9 Å². The summed E-state index contributed by atoms with van der Waals surface area (Å²) >= 11 is 0. The quantitative estimate of drug-likeness (QED) is 0.407. The molecule has 160 valence electrons. The average molecular weight is 426 g/mol. The van der Waals surface area contributed by atoms with Crippen LogP contribution in [0, 0.1) is 0 Å². The van der Waals surface area contributed by atoms with Crippen molar-refractivity contribution in [1.82, 2.24) is 19.4 Å². The second-order valence-electron chi connectivity index (χ2n) is 7.56. The molecule has 1 amide bonds. The van der Waals surface area contributed by atoms with Gasteiger partial charge in [0.05, 0.1) is 11.6 Å². The van der Waals surface area contributed by atoms with Gasteiger partial charge in [-0.1, -0.05) is 24.8 Å². The first kappa shape index (κ1) is 19.8. The first-order valence-corrected chi connectivity index (χ1v) is 10.4. The van der Waals surface area contributed by atoms with E-state index >= 15 is 0 Å². The third-order valence-corrected chi connectivity index (χ3v) is 5.53. The van der Waals surface area contributed by atoms with Crippen molar-refractivity contribution in [1.29, 1.82) is 0 Å². The molecule has 1 fully saturated rings. The van der Waals surface area contributed by atoms with Gasteiger partial charge in [0.1, 0.15) is 29.1 Å². The molecule has 0 unspecified atom stereocenters. The largest absolute Gasteiger partial charge is 0.457 e. The van der Waals surface area contributed by atoms with Crippen molar-refractivity contribution in [2.45, 2.75) is 12.5 Å². The number of amides is 1. The molecule has 2 aromatic carbocycles. The van der Waals surface area contributed by atoms with E-state index in [2.05, 4.69) is 21.1 Å². The van der Waals surface area contributed by atoms with Crippen LogP contribution in [0.5, 0.6) is 23.1 Å². The fraction of sp³-hybridized carbons (Fsp3) is 0.160. The van der Waals surface area contributed by atoms with Crippen molar-refractivity contribution >= 4 is 16.9 Å². The van der Waals surface area contributed by atoms with E-state index in [4.69, 9.17) is 9.47 Å². The zero-order chi connectivity index (χ0) is 21.9. The van der Waals surface area contributed by atoms with Gasteiger partial charge in [0.15, 0.2) is 0 Å². The number of rotatable bonds is 6. The summed E-state index contributed by atoms with van der Waals surface area (Å²) < 4.78 is 14.1. The van der Waals surface area contributed by atoms with Crippen molar-refractivity contribution < 1.29 is 14.3 Å². The minimum absolute atomic E-state index is 0.0468. The van der Waals surface area contributed by atoms with Crippen LogP contribution in [-0.2, 0) is 4.79 Å². The number of carbonyl (C=O) groups is 1. The Hall–Kier alpha value is -4.13. The molecule has 32 heavy (non-hydrogen) atoms. The van der Waals surface area contributed by atoms with Crippen molar-refractivity contribution in [3.63, 3.8) is 0 Å². The predicted octanol–water partition coefficient (Wildman–Crippen LogP) is 4.98. The average Bonchev–Trinajstić information content (AvgIpc) is 3.48. The van der Waals surface area contributed by atoms with Crippen LogP contribution in [0.15, 0.2) is 85.8 Å². The number of hydrogen-bond donors (Lipinski definition) is 0. The Morgan fingerprint density at radius 2 is 1.69 bits per heavy atom. The molecule has 0 saturated carbocycles. The van der Waals surface area contributed by atoms with Gasteiger partial charge >= 0.3 is 0 Å². The van der Waals surface area contributed by atoms with Gasteiger partial charge in [-0.15, -0.1) is 0 Å². The third-order valence-electron chi connectivity index (χ3n) is 5.53. The zero-order valence-corrected chi connectivity index (χ0v) is 17.4. The highest BCUT2D eigenvalue weighted by atomic mass is 16.5. The van der Waals surface area contributed by atoms with Crippen LogP contribution < -0.4 is 9.47 Å². The summed E-state index contributed by atoms with van der Waals surface area (Å²) in [5.74, 6) is 2.57. The smallest absolute Gasteiger partial charge is 0.247 e. The molecule has 1 saturated heterocycles. The molecule has 0 aliphatic carbocycles. The molecule has 2 aromatic heterocycles. The van der Waals surface area contributed by atoms with E-state index in [1.54, 1.807) is 4.90 Å². The van der Waals surface area contributed by atoms with Crippen LogP contribution in [0.25, 0.3) is 11.0 Å². The van der Waals surface area contributed by atoms with Crippen molar-refractivity contribution in [3.05, 3.63) is 85.8 Å². The number of ether oxygens (including phenoxy) is 2. The summed E-state index contributed by atoms with van der Waals surface area (Å²) in [5, 5.41) is 0. The molecule has 0 N–H and O–H groups in total. The minimum Gasteiger partial charge on any atom is -0.457 e. The molecule has 0 bridgehead atoms. The lowest BCUT2D eigenvalue weighted by molar-refractivity contribution is -0.125. The Bertz CT molecular complexity index is 1250. The summed E-state index contributed by atoms with van der Waals surface area (Å²) in [4.78, 5) is 22.6. The minimum atomic E-state index is -0.0468. The Balaban J connectivity index is 1.37. The molecule has 7 nitrogen and oxygen atoms in total. The van der Waals surface area contributed by atoms with Gasteiger partial charge in [0.2, 0.25) is 11.8 Å². The first-order chi connectivity index (χ1) is 15.7. The maximum Gasteiger partial charge on any atom is 0.247 e. The number of para-hydroxylation sites is 1. The number of hydrogen-bond acceptors (Lipinski definition) is 5. The van der Waals surface area contributed by atoms with Crippen molar-refractivity contribution in [3.8, 4) is 23.1 Å². The predicted molar refractivity (Wildman–Crippen MR) is 121 cm³/mol. The highest BCUT2D eigenvalue weighted by Gasteiger charge is 2.28. The molecule has 1 aliphatic heterocycles. The molecule has 7 heteroatoms. The molecule has 4 aromatic rings. The van der Waals surface area contributed by atoms with Crippen LogP contribution in [0.1, 0.15) is 12.5 Å². The van der Waals surface area contributed by atoms with E-state index in [-0.39, 0.29) is 11.9 Å². The lowest BCUT2D eigenvalue weighted by atomic mass is 10.2. The van der Waals surface area contributed by atoms with Crippen LogP contribution >= 0.6 is 0 Å². The molecule has 0 spiro atoms. The van der Waals surface area contributed by atoms with Crippen LogP contribution in [0.3, 0.4) is 0 Å². The topological polar surface area (TPSA) is 69.5 Å². The first-order valence-electron chi connectivity index (χ1n) is 10.4. The normalized spacial score (nSPS) is 15.6. The zero-order valence-electron chi connectivity index (χ0n) is 17.4. The fourth-order valence-corrected chi connectivity index (χ4v) is 3.95. The summed E-state index contributed by atoms with van der Waals surface area (Å²) in [6.45, 7) is 4.90. The summed E-state index contributed by atoms with van der Waals surface area (Å²) in [6.07, 6.45) is 5.69. The number of carbonyl (C=O) groups excluding carboxylic acids is 1. The number of nitrogens with zero attached hydrogens (tertiary/aromatic N) is 4. The van der Waals surface area contributed by atoms with E-state index in [1.165, 1.54) is 12.4 Å². The van der Waals surface area contributed by atoms with E-state index in [9.17, 15) is 4.79 Å². The third kappa shape index (κ3) is 3.92. The molecule has 1 atom stereocenters. The number of fused-ring (bicyclic) bond motifs is 1. The standard InChI is InChI=1S/C25H22N4O3/c1-2-23(30)28-14-12-18(16-28)29-15-13-22-24(29)25(27-17-26-22)32-21-10-8-20(9-11-21)31-19-6-4-3-5-7-19/h2-11,13,15,17-18H,1,12,14,16H2/t18-/m0/s1. The second-order valence-corrected chi connectivity index (χ2v) is 7.56. The van der Waals surface area contributed by atoms with Gasteiger partial charge in [0, 0.05) is 19.3 Å². The lowest BCUT2D eigenvalue weighted by Crippen LogP contribution is -2.27. The molecule has 1 aliphatic rings. The molecular weight excluding hydrogens is 404 g/mol. The van der Waals surface area contributed by atoms with Crippen molar-refractivity contribution in [2.24, 2.45) is 0 Å². The molecule has 0 radical (unpaired) electrons. The Morgan fingerprint density at radius 3 is 2.44 bits per heavy atom. The van der Waals surface area contributed by atoms with E-state index < -0.39 is 0 Å². The Labute approximate surface area is 185 Å². The highest BCUT2D eigenvalue weighted by Crippen LogP contribution is 2.33. The van der Waals surface area contributed by atoms with Crippen LogP contribution in [0.2, 0.25) is 0 Å². The fourth-order valence-electron chi connectivity index (χ4n) is 3.95. The summed E-state index contributed by atoms with van der Waals surface area (Å²) in [6, 6.07) is 19.1. The maximum absolute atomic E-state index is 12.0. The molecule has 3 heterocycles. The van der Waals surface area contributed by atoms with Gasteiger partial charge in [-0.05, 0) is 55.0 Å². The van der Waals surface area contributed by atoms with E-state index in [1.807, 2.05) is 66.9 Å². The number of benzene rings is 2. The summed E-state index contributed by atoms with van der Waals surface area (Å²) in [7, 11) is 0. The lowest BCUT2D eigenvalue weighted by Gasteiger charge is -2.17.